The van der Waals surface area contributed by atoms with Crippen molar-refractivity contribution in [2.45, 2.75) is 25.7 Å². The zero-order valence-electron chi connectivity index (χ0n) is 8.41. The van der Waals surface area contributed by atoms with E-state index >= 15 is 0 Å². The number of aliphatic hydroxyl groups excluding tert-OH is 1. The fourth-order valence-corrected chi connectivity index (χ4v) is 2.12. The van der Waals surface area contributed by atoms with Crippen molar-refractivity contribution in [3.8, 4) is 0 Å². The van der Waals surface area contributed by atoms with E-state index in [2.05, 4.69) is 4.90 Å². The number of nitrogens with zero attached hydrogens (tertiary/aromatic N) is 1. The quantitative estimate of drug-likeness (QED) is 0.654. The average Bonchev–Trinajstić information content (AvgIpc) is 2.16. The summed E-state index contributed by atoms with van der Waals surface area (Å²) in [6.07, 6.45) is 4.72. The van der Waals surface area contributed by atoms with Gasteiger partial charge in [0, 0.05) is 19.7 Å². The highest BCUT2D eigenvalue weighted by molar-refractivity contribution is 4.72. The maximum atomic E-state index is 8.72. The molecule has 3 heteroatoms. The van der Waals surface area contributed by atoms with Crippen LogP contribution in [0.5, 0.6) is 0 Å². The molecule has 0 saturated carbocycles. The average molecular weight is 186 g/mol. The molecule has 0 aliphatic carbocycles. The number of hydrogen-bond acceptors (Lipinski definition) is 3. The van der Waals surface area contributed by atoms with Gasteiger partial charge < -0.3 is 15.7 Å². The fourth-order valence-electron chi connectivity index (χ4n) is 2.12. The van der Waals surface area contributed by atoms with E-state index in [0.29, 0.717) is 6.61 Å². The molecule has 1 unspecified atom stereocenters. The molecule has 0 aromatic rings. The maximum Gasteiger partial charge on any atom is 0.0443 e. The summed E-state index contributed by atoms with van der Waals surface area (Å²) in [5.74, 6) is 0.803. The van der Waals surface area contributed by atoms with E-state index in [1.807, 2.05) is 0 Å². The number of hydrogen-bond donors (Lipinski definition) is 2. The lowest BCUT2D eigenvalue weighted by atomic mass is 9.95. The molecule has 0 radical (unpaired) electrons. The van der Waals surface area contributed by atoms with Crippen LogP contribution in [0.25, 0.3) is 0 Å². The van der Waals surface area contributed by atoms with Gasteiger partial charge in [0.05, 0.1) is 0 Å². The van der Waals surface area contributed by atoms with Crippen molar-refractivity contribution >= 4 is 0 Å². The molecule has 0 aromatic heterocycles. The molecule has 0 spiro atoms. The van der Waals surface area contributed by atoms with E-state index < -0.39 is 0 Å². The normalized spacial score (nSPS) is 24.9. The molecule has 0 aromatic carbocycles. The summed E-state index contributed by atoms with van der Waals surface area (Å²) in [5, 5.41) is 8.72. The summed E-state index contributed by atoms with van der Waals surface area (Å²) < 4.78 is 0. The Bertz CT molecular complexity index is 128. The summed E-state index contributed by atoms with van der Waals surface area (Å²) >= 11 is 0. The van der Waals surface area contributed by atoms with Crippen LogP contribution in [-0.2, 0) is 0 Å². The molecule has 1 aliphatic rings. The Morgan fingerprint density at radius 1 is 1.46 bits per heavy atom. The minimum Gasteiger partial charge on any atom is -0.396 e. The molecule has 1 atom stereocenters. The third-order valence-electron chi connectivity index (χ3n) is 2.81. The molecule has 0 bridgehead atoms. The van der Waals surface area contributed by atoms with Crippen molar-refractivity contribution in [1.82, 2.24) is 4.90 Å². The number of aliphatic hydroxyl groups is 1. The minimum absolute atomic E-state index is 0.318. The first-order valence-corrected chi connectivity index (χ1v) is 5.40. The molecule has 1 fully saturated rings. The van der Waals surface area contributed by atoms with Crippen molar-refractivity contribution in [3.63, 3.8) is 0 Å². The monoisotopic (exact) mass is 186 g/mol. The Morgan fingerprint density at radius 3 is 3.00 bits per heavy atom. The topological polar surface area (TPSA) is 49.5 Å². The van der Waals surface area contributed by atoms with Gasteiger partial charge in [-0.3, -0.25) is 0 Å². The molecule has 3 nitrogen and oxygen atoms in total. The summed E-state index contributed by atoms with van der Waals surface area (Å²) in [6.45, 7) is 4.59. The van der Waals surface area contributed by atoms with Gasteiger partial charge in [-0.05, 0) is 44.7 Å². The van der Waals surface area contributed by atoms with Gasteiger partial charge in [0.15, 0.2) is 0 Å². The van der Waals surface area contributed by atoms with E-state index in [9.17, 15) is 0 Å². The first kappa shape index (κ1) is 11.0. The highest BCUT2D eigenvalue weighted by Crippen LogP contribution is 2.18. The maximum absolute atomic E-state index is 8.72. The predicted octanol–water partition coefficient (Wildman–Crippen LogP) is 0.430. The lowest BCUT2D eigenvalue weighted by Gasteiger charge is -2.32. The van der Waals surface area contributed by atoms with Gasteiger partial charge in [-0.25, -0.2) is 0 Å². The summed E-state index contributed by atoms with van der Waals surface area (Å²) in [4.78, 5) is 2.46. The van der Waals surface area contributed by atoms with Gasteiger partial charge in [0.1, 0.15) is 0 Å². The zero-order valence-corrected chi connectivity index (χ0v) is 8.41. The number of rotatable bonds is 5. The molecular weight excluding hydrogens is 164 g/mol. The number of likely N-dealkylation sites (tertiary alicyclic amines) is 1. The Labute approximate surface area is 80.9 Å². The molecule has 0 amide bonds. The van der Waals surface area contributed by atoms with Crippen LogP contribution in [-0.4, -0.2) is 42.8 Å². The summed E-state index contributed by atoms with van der Waals surface area (Å²) in [6, 6.07) is 0. The zero-order chi connectivity index (χ0) is 9.52. The molecule has 1 saturated heterocycles. The van der Waals surface area contributed by atoms with Crippen LogP contribution in [0.2, 0.25) is 0 Å². The Balaban J connectivity index is 2.16. The van der Waals surface area contributed by atoms with Crippen molar-refractivity contribution < 1.29 is 5.11 Å². The largest absolute Gasteiger partial charge is 0.396 e. The van der Waals surface area contributed by atoms with Crippen molar-refractivity contribution in [2.24, 2.45) is 11.7 Å². The van der Waals surface area contributed by atoms with Gasteiger partial charge >= 0.3 is 0 Å². The summed E-state index contributed by atoms with van der Waals surface area (Å²) in [5.41, 5.74) is 5.55. The summed E-state index contributed by atoms with van der Waals surface area (Å²) in [7, 11) is 0. The van der Waals surface area contributed by atoms with E-state index in [4.69, 9.17) is 10.8 Å². The van der Waals surface area contributed by atoms with Crippen LogP contribution in [0.4, 0.5) is 0 Å². The first-order chi connectivity index (χ1) is 6.36. The van der Waals surface area contributed by atoms with Gasteiger partial charge in [-0.2, -0.15) is 0 Å². The van der Waals surface area contributed by atoms with Crippen LogP contribution in [0.1, 0.15) is 25.7 Å². The van der Waals surface area contributed by atoms with Gasteiger partial charge in [0.2, 0.25) is 0 Å². The van der Waals surface area contributed by atoms with Gasteiger partial charge in [0.25, 0.3) is 0 Å². The highest BCUT2D eigenvalue weighted by Gasteiger charge is 2.18. The minimum atomic E-state index is 0.318. The van der Waals surface area contributed by atoms with E-state index in [1.165, 1.54) is 25.9 Å². The van der Waals surface area contributed by atoms with E-state index in [0.717, 1.165) is 31.8 Å². The SMILES string of the molecule is NCCC1CCCN(CCCO)C1. The van der Waals surface area contributed by atoms with Crippen molar-refractivity contribution in [2.75, 3.05) is 32.8 Å². The van der Waals surface area contributed by atoms with Gasteiger partial charge in [-0.1, -0.05) is 0 Å². The molecule has 1 heterocycles. The second-order valence-electron chi connectivity index (χ2n) is 3.96. The standard InChI is InChI=1S/C10H22N2O/c11-5-4-10-3-1-6-12(9-10)7-2-8-13/h10,13H,1-9,11H2. The van der Waals surface area contributed by atoms with Crippen LogP contribution in [0.3, 0.4) is 0 Å². The lowest BCUT2D eigenvalue weighted by Crippen LogP contribution is -2.37. The molecule has 1 rings (SSSR count). The molecule has 3 N–H and O–H groups in total. The van der Waals surface area contributed by atoms with Crippen LogP contribution in [0.15, 0.2) is 0 Å². The lowest BCUT2D eigenvalue weighted by molar-refractivity contribution is 0.155. The first-order valence-electron chi connectivity index (χ1n) is 5.40. The molecule has 13 heavy (non-hydrogen) atoms. The van der Waals surface area contributed by atoms with Crippen LogP contribution >= 0.6 is 0 Å². The van der Waals surface area contributed by atoms with Crippen molar-refractivity contribution in [1.29, 1.82) is 0 Å². The van der Waals surface area contributed by atoms with Crippen LogP contribution < -0.4 is 5.73 Å². The molecule has 1 aliphatic heterocycles. The van der Waals surface area contributed by atoms with E-state index in [1.54, 1.807) is 0 Å². The second kappa shape index (κ2) is 6.35. The Kier molecular flexibility index (Phi) is 5.35. The van der Waals surface area contributed by atoms with E-state index in [-0.39, 0.29) is 0 Å². The second-order valence-corrected chi connectivity index (χ2v) is 3.96. The Hall–Kier alpha value is -0.120. The number of piperidine rings is 1. The van der Waals surface area contributed by atoms with Gasteiger partial charge in [-0.15, -0.1) is 0 Å². The Morgan fingerprint density at radius 2 is 2.31 bits per heavy atom. The van der Waals surface area contributed by atoms with Crippen molar-refractivity contribution in [3.05, 3.63) is 0 Å². The fraction of sp³-hybridized carbons (Fsp3) is 1.00. The molecule has 78 valence electrons. The molecular formula is C10H22N2O. The van der Waals surface area contributed by atoms with Crippen LogP contribution in [0, 0.1) is 5.92 Å². The predicted molar refractivity (Wildman–Crippen MR) is 54.5 cm³/mol. The number of nitrogens with two attached hydrogens (primary N) is 1. The smallest absolute Gasteiger partial charge is 0.0443 e. The third kappa shape index (κ3) is 4.07. The highest BCUT2D eigenvalue weighted by atomic mass is 16.3. The third-order valence-corrected chi connectivity index (χ3v) is 2.81.